The number of anilines is 1. The van der Waals surface area contributed by atoms with Gasteiger partial charge in [0.05, 0.1) is 5.56 Å². The number of carbonyl (C=O) groups excluding carboxylic acids is 1. The third-order valence-corrected chi connectivity index (χ3v) is 3.61. The Kier molecular flexibility index (Phi) is 3.86. The quantitative estimate of drug-likeness (QED) is 0.883. The van der Waals surface area contributed by atoms with Crippen LogP contribution in [0.1, 0.15) is 16.8 Å². The first-order chi connectivity index (χ1) is 10.6. The van der Waals surface area contributed by atoms with Crippen LogP contribution in [0, 0.1) is 5.82 Å². The van der Waals surface area contributed by atoms with Crippen LogP contribution in [0.25, 0.3) is 0 Å². The van der Waals surface area contributed by atoms with Crippen molar-refractivity contribution in [2.24, 2.45) is 0 Å². The lowest BCUT2D eigenvalue weighted by molar-refractivity contribution is 0.0940. The molecular formula is C15H15FN4O2. The fourth-order valence-electron chi connectivity index (χ4n) is 2.50. The molecule has 1 atom stereocenters. The van der Waals surface area contributed by atoms with Crippen LogP contribution in [0.5, 0.6) is 0 Å². The molecule has 0 bridgehead atoms. The summed E-state index contributed by atoms with van der Waals surface area (Å²) >= 11 is 0. The second kappa shape index (κ2) is 5.97. The molecule has 0 aliphatic carbocycles. The molecule has 3 rings (SSSR count). The van der Waals surface area contributed by atoms with Crippen molar-refractivity contribution in [2.75, 3.05) is 18.0 Å². The highest BCUT2D eigenvalue weighted by Gasteiger charge is 2.26. The Bertz CT molecular complexity index is 726. The molecule has 22 heavy (non-hydrogen) atoms. The predicted octanol–water partition coefficient (Wildman–Crippen LogP) is 0.918. The molecule has 1 unspecified atom stereocenters. The standard InChI is InChI=1S/C15H15FN4O2/c16-12-2-1-6-17-14(12)20-7-5-11(9-20)19-15(22)10-3-4-13(21)18-8-10/h1-4,6,8,11H,5,7,9H2,(H,18,21)(H,19,22). The molecule has 3 heterocycles. The number of hydrogen-bond donors (Lipinski definition) is 2. The number of aromatic amines is 1. The molecule has 2 aromatic rings. The van der Waals surface area contributed by atoms with Crippen LogP contribution in [-0.2, 0) is 0 Å². The molecule has 0 aromatic carbocycles. The van der Waals surface area contributed by atoms with Crippen LogP contribution in [0.15, 0.2) is 41.5 Å². The fraction of sp³-hybridized carbons (Fsp3) is 0.267. The number of carbonyl (C=O) groups is 1. The number of amides is 1. The highest BCUT2D eigenvalue weighted by atomic mass is 19.1. The van der Waals surface area contributed by atoms with Crippen molar-refractivity contribution in [3.63, 3.8) is 0 Å². The minimum atomic E-state index is -0.366. The van der Waals surface area contributed by atoms with E-state index >= 15 is 0 Å². The van der Waals surface area contributed by atoms with E-state index in [0.29, 0.717) is 30.9 Å². The normalized spacial score (nSPS) is 17.5. The summed E-state index contributed by atoms with van der Waals surface area (Å²) in [5.41, 5.74) is 0.135. The van der Waals surface area contributed by atoms with Gasteiger partial charge < -0.3 is 15.2 Å². The summed E-state index contributed by atoms with van der Waals surface area (Å²) in [5.74, 6) is -0.317. The monoisotopic (exact) mass is 302 g/mol. The summed E-state index contributed by atoms with van der Waals surface area (Å²) in [7, 11) is 0. The van der Waals surface area contributed by atoms with Gasteiger partial charge in [-0.05, 0) is 24.6 Å². The van der Waals surface area contributed by atoms with Crippen molar-refractivity contribution in [3.8, 4) is 0 Å². The Balaban J connectivity index is 1.64. The third kappa shape index (κ3) is 2.98. The van der Waals surface area contributed by atoms with E-state index in [1.807, 2.05) is 4.90 Å². The van der Waals surface area contributed by atoms with E-state index in [1.54, 1.807) is 12.3 Å². The van der Waals surface area contributed by atoms with Crippen molar-refractivity contribution < 1.29 is 9.18 Å². The van der Waals surface area contributed by atoms with E-state index < -0.39 is 0 Å². The van der Waals surface area contributed by atoms with Gasteiger partial charge in [0, 0.05) is 37.6 Å². The first-order valence-electron chi connectivity index (χ1n) is 6.98. The van der Waals surface area contributed by atoms with E-state index in [0.717, 1.165) is 0 Å². The van der Waals surface area contributed by atoms with Gasteiger partial charge in [-0.25, -0.2) is 9.37 Å². The number of nitrogens with one attached hydrogen (secondary N) is 2. The summed E-state index contributed by atoms with van der Waals surface area (Å²) in [6, 6.07) is 5.61. The lowest BCUT2D eigenvalue weighted by Crippen LogP contribution is -2.37. The zero-order chi connectivity index (χ0) is 15.5. The highest BCUT2D eigenvalue weighted by Crippen LogP contribution is 2.20. The number of nitrogens with zero attached hydrogens (tertiary/aromatic N) is 2. The molecule has 1 fully saturated rings. The molecule has 0 saturated carbocycles. The van der Waals surface area contributed by atoms with Crippen LogP contribution >= 0.6 is 0 Å². The summed E-state index contributed by atoms with van der Waals surface area (Å²) in [4.78, 5) is 31.4. The van der Waals surface area contributed by atoms with Gasteiger partial charge in [0.1, 0.15) is 0 Å². The second-order valence-electron chi connectivity index (χ2n) is 5.16. The van der Waals surface area contributed by atoms with Gasteiger partial charge in [-0.2, -0.15) is 0 Å². The third-order valence-electron chi connectivity index (χ3n) is 3.61. The molecule has 1 amide bonds. The van der Waals surface area contributed by atoms with Crippen molar-refractivity contribution in [2.45, 2.75) is 12.5 Å². The largest absolute Gasteiger partial charge is 0.352 e. The zero-order valence-corrected chi connectivity index (χ0v) is 11.8. The Labute approximate surface area is 126 Å². The Morgan fingerprint density at radius 3 is 3.00 bits per heavy atom. The molecule has 6 nitrogen and oxygen atoms in total. The van der Waals surface area contributed by atoms with Crippen molar-refractivity contribution in [3.05, 3.63) is 58.4 Å². The lowest BCUT2D eigenvalue weighted by Gasteiger charge is -2.18. The molecule has 2 aromatic heterocycles. The topological polar surface area (TPSA) is 78.1 Å². The van der Waals surface area contributed by atoms with E-state index in [4.69, 9.17) is 0 Å². The second-order valence-corrected chi connectivity index (χ2v) is 5.16. The van der Waals surface area contributed by atoms with Crippen molar-refractivity contribution in [1.82, 2.24) is 15.3 Å². The van der Waals surface area contributed by atoms with E-state index in [1.165, 1.54) is 24.4 Å². The molecular weight excluding hydrogens is 287 g/mol. The number of halogens is 1. The maximum atomic E-state index is 13.7. The SMILES string of the molecule is O=C(NC1CCN(c2ncccc2F)C1)c1ccc(=O)[nH]c1. The van der Waals surface area contributed by atoms with Gasteiger partial charge in [-0.3, -0.25) is 9.59 Å². The first kappa shape index (κ1) is 14.2. The maximum absolute atomic E-state index is 13.7. The van der Waals surface area contributed by atoms with Crippen LogP contribution in [-0.4, -0.2) is 35.0 Å². The summed E-state index contributed by atoms with van der Waals surface area (Å²) in [5, 5.41) is 2.88. The molecule has 1 saturated heterocycles. The molecule has 0 radical (unpaired) electrons. The summed E-state index contributed by atoms with van der Waals surface area (Å²) in [6.07, 6.45) is 3.64. The molecule has 1 aliphatic heterocycles. The van der Waals surface area contributed by atoms with Gasteiger partial charge in [-0.1, -0.05) is 0 Å². The van der Waals surface area contributed by atoms with Crippen LogP contribution < -0.4 is 15.8 Å². The Morgan fingerprint density at radius 1 is 1.41 bits per heavy atom. The van der Waals surface area contributed by atoms with Gasteiger partial charge >= 0.3 is 0 Å². The predicted molar refractivity (Wildman–Crippen MR) is 79.3 cm³/mol. The van der Waals surface area contributed by atoms with Crippen molar-refractivity contribution >= 4 is 11.7 Å². The van der Waals surface area contributed by atoms with E-state index in [-0.39, 0.29) is 23.3 Å². The highest BCUT2D eigenvalue weighted by molar-refractivity contribution is 5.94. The fourth-order valence-corrected chi connectivity index (χ4v) is 2.50. The van der Waals surface area contributed by atoms with Gasteiger partial charge in [-0.15, -0.1) is 0 Å². The van der Waals surface area contributed by atoms with Crippen LogP contribution in [0.2, 0.25) is 0 Å². The number of H-pyrrole nitrogens is 1. The molecule has 114 valence electrons. The molecule has 7 heteroatoms. The van der Waals surface area contributed by atoms with Gasteiger partial charge in [0.2, 0.25) is 5.56 Å². The van der Waals surface area contributed by atoms with E-state index in [2.05, 4.69) is 15.3 Å². The zero-order valence-electron chi connectivity index (χ0n) is 11.8. The van der Waals surface area contributed by atoms with Gasteiger partial charge in [0.15, 0.2) is 11.6 Å². The minimum absolute atomic E-state index is 0.0826. The summed E-state index contributed by atoms with van der Waals surface area (Å²) < 4.78 is 13.7. The Hall–Kier alpha value is -2.70. The smallest absolute Gasteiger partial charge is 0.253 e. The van der Waals surface area contributed by atoms with Crippen LogP contribution in [0.4, 0.5) is 10.2 Å². The summed E-state index contributed by atoms with van der Waals surface area (Å²) in [6.45, 7) is 1.13. The maximum Gasteiger partial charge on any atom is 0.253 e. The minimum Gasteiger partial charge on any atom is -0.352 e. The number of aromatic nitrogens is 2. The molecule has 0 spiro atoms. The number of pyridine rings is 2. The Morgan fingerprint density at radius 2 is 2.27 bits per heavy atom. The lowest BCUT2D eigenvalue weighted by atomic mass is 10.2. The van der Waals surface area contributed by atoms with Gasteiger partial charge in [0.25, 0.3) is 5.91 Å². The molecule has 2 N–H and O–H groups in total. The first-order valence-corrected chi connectivity index (χ1v) is 6.98. The number of hydrogen-bond acceptors (Lipinski definition) is 4. The van der Waals surface area contributed by atoms with Crippen LogP contribution in [0.3, 0.4) is 0 Å². The van der Waals surface area contributed by atoms with Crippen molar-refractivity contribution in [1.29, 1.82) is 0 Å². The molecule has 1 aliphatic rings. The average Bonchev–Trinajstić information content (AvgIpc) is 2.96. The van der Waals surface area contributed by atoms with E-state index in [9.17, 15) is 14.0 Å². The average molecular weight is 302 g/mol. The number of rotatable bonds is 3.